The Morgan fingerprint density at radius 3 is 1.03 bits per heavy atom. The lowest BCUT2D eigenvalue weighted by Gasteiger charge is -2.16. The largest absolute Gasteiger partial charge is 0.319 e. The van der Waals surface area contributed by atoms with E-state index in [4.69, 9.17) is 6.57 Å². The summed E-state index contributed by atoms with van der Waals surface area (Å²) < 4.78 is 9.08. The predicted molar refractivity (Wildman–Crippen MR) is 255 cm³/mol. The van der Waals surface area contributed by atoms with Crippen molar-refractivity contribution in [3.8, 4) is 28.8 Å². The Hall–Kier alpha value is -8.84. The fourth-order valence-electron chi connectivity index (χ4n) is 10.2. The van der Waals surface area contributed by atoms with E-state index in [1.54, 1.807) is 6.07 Å². The molecule has 62 heavy (non-hydrogen) atoms. The number of aromatic nitrogens is 4. The molecular formula is C56H32N6. The number of nitriles is 1. The summed E-state index contributed by atoms with van der Waals surface area (Å²) in [6.07, 6.45) is 0. The van der Waals surface area contributed by atoms with Gasteiger partial charge in [0.25, 0.3) is 0 Å². The van der Waals surface area contributed by atoms with Gasteiger partial charge in [0, 0.05) is 54.5 Å². The van der Waals surface area contributed by atoms with Gasteiger partial charge in [0.15, 0.2) is 0 Å². The number of hydrogen-bond acceptors (Lipinski definition) is 1. The van der Waals surface area contributed by atoms with Crippen molar-refractivity contribution in [1.82, 2.24) is 18.3 Å². The maximum Gasteiger partial charge on any atom is 0.212 e. The van der Waals surface area contributed by atoms with E-state index in [-0.39, 0.29) is 0 Å². The first kappa shape index (κ1) is 34.1. The molecule has 0 saturated carbocycles. The number of hydrogen-bond donors (Lipinski definition) is 0. The molecule has 0 aliphatic carbocycles. The van der Waals surface area contributed by atoms with Crippen molar-refractivity contribution >= 4 is 92.9 Å². The zero-order chi connectivity index (χ0) is 41.1. The minimum Gasteiger partial charge on any atom is -0.319 e. The van der Waals surface area contributed by atoms with Crippen LogP contribution in [0.3, 0.4) is 0 Å². The van der Waals surface area contributed by atoms with Gasteiger partial charge in [-0.2, -0.15) is 5.26 Å². The topological polar surface area (TPSA) is 47.9 Å². The van der Waals surface area contributed by atoms with E-state index >= 15 is 0 Å². The Labute approximate surface area is 355 Å². The normalized spacial score (nSPS) is 11.8. The average Bonchev–Trinajstić information content (AvgIpc) is 4.06. The smallest absolute Gasteiger partial charge is 0.212 e. The summed E-state index contributed by atoms with van der Waals surface area (Å²) in [6.45, 7) is 8.46. The van der Waals surface area contributed by atoms with Crippen molar-refractivity contribution in [2.75, 3.05) is 0 Å². The third-order valence-electron chi connectivity index (χ3n) is 12.8. The van der Waals surface area contributed by atoms with Crippen LogP contribution in [-0.4, -0.2) is 18.3 Å². The van der Waals surface area contributed by atoms with Crippen molar-refractivity contribution < 1.29 is 0 Å². The average molecular weight is 789 g/mol. The third kappa shape index (κ3) is 4.61. The van der Waals surface area contributed by atoms with Gasteiger partial charge in [-0.3, -0.25) is 0 Å². The molecule has 0 saturated heterocycles. The number of nitrogens with zero attached hydrogens (tertiary/aromatic N) is 6. The Balaban J connectivity index is 1.05. The second-order valence-corrected chi connectivity index (χ2v) is 15.9. The summed E-state index contributed by atoms with van der Waals surface area (Å²) in [6, 6.07) is 70.6. The van der Waals surface area contributed by atoms with Crippen LogP contribution in [0.5, 0.6) is 0 Å². The van der Waals surface area contributed by atoms with Crippen LogP contribution >= 0.6 is 0 Å². The summed E-state index contributed by atoms with van der Waals surface area (Å²) in [4.78, 5) is 4.07. The molecule has 0 spiro atoms. The van der Waals surface area contributed by atoms with E-state index < -0.39 is 0 Å². The van der Waals surface area contributed by atoms with Crippen LogP contribution < -0.4 is 0 Å². The lowest BCUT2D eigenvalue weighted by atomic mass is 10.1. The molecule has 0 bridgehead atoms. The highest BCUT2D eigenvalue weighted by Gasteiger charge is 2.23. The molecule has 9 aromatic carbocycles. The Bertz CT molecular complexity index is 3770. The number of fused-ring (bicyclic) bond motifs is 12. The summed E-state index contributed by atoms with van der Waals surface area (Å²) in [5, 5.41) is 20.0. The van der Waals surface area contributed by atoms with Crippen LogP contribution in [0.1, 0.15) is 5.56 Å². The molecule has 6 heteroatoms. The lowest BCUT2D eigenvalue weighted by Crippen LogP contribution is -2.02. The molecule has 0 aliphatic rings. The minimum absolute atomic E-state index is 0.411. The lowest BCUT2D eigenvalue weighted by molar-refractivity contribution is 1.13. The van der Waals surface area contributed by atoms with Crippen molar-refractivity contribution in [2.24, 2.45) is 0 Å². The van der Waals surface area contributed by atoms with Crippen molar-refractivity contribution in [3.63, 3.8) is 0 Å². The van der Waals surface area contributed by atoms with Crippen molar-refractivity contribution in [2.45, 2.75) is 0 Å². The second kappa shape index (κ2) is 12.8. The molecule has 4 heterocycles. The molecule has 0 atom stereocenters. The maximum absolute atomic E-state index is 10.8. The van der Waals surface area contributed by atoms with Crippen LogP contribution in [0.4, 0.5) is 5.69 Å². The van der Waals surface area contributed by atoms with Gasteiger partial charge in [0.1, 0.15) is 0 Å². The first-order chi connectivity index (χ1) is 30.7. The van der Waals surface area contributed by atoms with Crippen LogP contribution in [0.15, 0.2) is 194 Å². The highest BCUT2D eigenvalue weighted by Crippen LogP contribution is 2.42. The van der Waals surface area contributed by atoms with E-state index in [0.29, 0.717) is 11.3 Å². The van der Waals surface area contributed by atoms with E-state index in [0.717, 1.165) is 88.4 Å². The zero-order valence-electron chi connectivity index (χ0n) is 33.2. The van der Waals surface area contributed by atoms with Gasteiger partial charge < -0.3 is 18.3 Å². The van der Waals surface area contributed by atoms with Gasteiger partial charge in [0.2, 0.25) is 5.69 Å². The van der Waals surface area contributed by atoms with Gasteiger partial charge >= 0.3 is 0 Å². The molecule has 13 rings (SSSR count). The molecule has 0 amide bonds. The molecular weight excluding hydrogens is 757 g/mol. The van der Waals surface area contributed by atoms with Crippen LogP contribution in [0.25, 0.3) is 115 Å². The maximum atomic E-state index is 10.8. The highest BCUT2D eigenvalue weighted by atomic mass is 15.0. The van der Waals surface area contributed by atoms with Gasteiger partial charge in [-0.1, -0.05) is 109 Å². The van der Waals surface area contributed by atoms with Gasteiger partial charge in [-0.05, 0) is 84.9 Å². The summed E-state index contributed by atoms with van der Waals surface area (Å²) in [7, 11) is 0. The van der Waals surface area contributed by atoms with E-state index in [1.165, 1.54) is 21.5 Å². The Morgan fingerprint density at radius 1 is 0.339 bits per heavy atom. The van der Waals surface area contributed by atoms with E-state index in [9.17, 15) is 5.26 Å². The zero-order valence-corrected chi connectivity index (χ0v) is 33.2. The Morgan fingerprint density at radius 2 is 0.661 bits per heavy atom. The molecule has 0 unspecified atom stereocenters. The Kier molecular flexibility index (Phi) is 7.05. The summed E-state index contributed by atoms with van der Waals surface area (Å²) in [5.74, 6) is 0. The summed E-state index contributed by atoms with van der Waals surface area (Å²) in [5.41, 5.74) is 12.9. The first-order valence-electron chi connectivity index (χ1n) is 20.7. The molecule has 286 valence electrons. The van der Waals surface area contributed by atoms with Gasteiger partial charge in [0.05, 0.1) is 73.7 Å². The van der Waals surface area contributed by atoms with Crippen LogP contribution in [-0.2, 0) is 0 Å². The van der Waals surface area contributed by atoms with Gasteiger partial charge in [-0.15, -0.1) is 0 Å². The third-order valence-corrected chi connectivity index (χ3v) is 12.8. The molecule has 0 fully saturated rings. The van der Waals surface area contributed by atoms with Crippen LogP contribution in [0.2, 0.25) is 0 Å². The molecule has 6 nitrogen and oxygen atoms in total. The fourth-order valence-corrected chi connectivity index (χ4v) is 10.2. The van der Waals surface area contributed by atoms with E-state index in [2.05, 4.69) is 205 Å². The fraction of sp³-hybridized carbons (Fsp3) is 0. The van der Waals surface area contributed by atoms with Crippen molar-refractivity contribution in [3.05, 3.63) is 211 Å². The quantitative estimate of drug-likeness (QED) is 0.164. The molecule has 0 N–H and O–H groups in total. The van der Waals surface area contributed by atoms with Crippen LogP contribution in [0, 0.1) is 17.9 Å². The van der Waals surface area contributed by atoms with E-state index in [1.807, 2.05) is 12.1 Å². The monoisotopic (exact) mass is 788 g/mol. The molecule has 0 aliphatic heterocycles. The summed E-state index contributed by atoms with van der Waals surface area (Å²) >= 11 is 0. The van der Waals surface area contributed by atoms with Gasteiger partial charge in [-0.25, -0.2) is 4.85 Å². The first-order valence-corrected chi connectivity index (χ1v) is 20.7. The predicted octanol–water partition coefficient (Wildman–Crippen LogP) is 14.5. The number of para-hydroxylation sites is 6. The molecule has 13 aromatic rings. The standard InChI is InChI=1S/C56H32N6/c1-58-46-30-35(34-57)55(61-51-24-12-6-18-42(51)44-31-36(26-28-53(44)61)59-47-20-8-2-14-38(47)39-15-3-9-21-48(39)59)33-56(46)62-52-25-13-7-19-43(52)45-32-37(27-29-54(45)62)60-49-22-10-4-16-40(49)41-17-5-11-23-50(41)60/h2-33H. The SMILES string of the molecule is [C-]#[N+]c1cc(C#N)c(-n2c3ccccc3c3cc(-n4c5ccccc5c5ccccc54)ccc32)cc1-n1c2ccccc2c2cc(-n3c4ccccc4c4ccccc43)ccc21. The number of rotatable bonds is 4. The minimum atomic E-state index is 0.411. The molecule has 4 aromatic heterocycles. The number of benzene rings is 9. The molecule has 0 radical (unpaired) electrons. The van der Waals surface area contributed by atoms with Crippen molar-refractivity contribution in [1.29, 1.82) is 5.26 Å². The highest BCUT2D eigenvalue weighted by molar-refractivity contribution is 6.14. The second-order valence-electron chi connectivity index (χ2n) is 15.9.